The van der Waals surface area contributed by atoms with E-state index in [2.05, 4.69) is 5.32 Å². The van der Waals surface area contributed by atoms with Gasteiger partial charge in [0.05, 0.1) is 0 Å². The molecule has 0 aromatic heterocycles. The Morgan fingerprint density at radius 3 is 1.84 bits per heavy atom. The van der Waals surface area contributed by atoms with Crippen molar-refractivity contribution in [3.05, 3.63) is 0 Å². The number of aliphatic carboxylic acids is 1. The van der Waals surface area contributed by atoms with Crippen LogP contribution in [0.25, 0.3) is 0 Å². The number of carboxylic acids is 1. The summed E-state index contributed by atoms with van der Waals surface area (Å²) in [4.78, 5) is 23.3. The van der Waals surface area contributed by atoms with Gasteiger partial charge >= 0.3 is 5.97 Å². The minimum atomic E-state index is -1.10. The van der Waals surface area contributed by atoms with Gasteiger partial charge in [0.2, 0.25) is 5.91 Å². The van der Waals surface area contributed by atoms with Crippen molar-refractivity contribution in [3.63, 3.8) is 0 Å². The highest BCUT2D eigenvalue weighted by molar-refractivity contribution is 5.86. The van der Waals surface area contributed by atoms with Crippen LogP contribution in [0.2, 0.25) is 0 Å². The summed E-state index contributed by atoms with van der Waals surface area (Å²) in [6, 6.07) is 0. The van der Waals surface area contributed by atoms with Crippen LogP contribution < -0.4 is 5.32 Å². The van der Waals surface area contributed by atoms with E-state index in [-0.39, 0.29) is 11.3 Å². The molecule has 0 aromatic rings. The van der Waals surface area contributed by atoms with Gasteiger partial charge in [-0.25, -0.2) is 4.79 Å². The fourth-order valence-corrected chi connectivity index (χ4v) is 5.49. The second-order valence-electron chi connectivity index (χ2n) is 7.31. The molecular formula is C15H23NO3. The predicted molar refractivity (Wildman–Crippen MR) is 70.5 cm³/mol. The number of carbonyl (C=O) groups excluding carboxylic acids is 1. The molecule has 0 aliphatic heterocycles. The summed E-state index contributed by atoms with van der Waals surface area (Å²) in [5.74, 6) is 0.932. The summed E-state index contributed by atoms with van der Waals surface area (Å²) in [5, 5.41) is 12.5. The second-order valence-corrected chi connectivity index (χ2v) is 7.31. The van der Waals surface area contributed by atoms with Crippen LogP contribution in [0.15, 0.2) is 0 Å². The highest BCUT2D eigenvalue weighted by atomic mass is 16.4. The number of carbonyl (C=O) groups is 2. The van der Waals surface area contributed by atoms with Gasteiger partial charge in [-0.15, -0.1) is 0 Å². The van der Waals surface area contributed by atoms with Crippen molar-refractivity contribution in [2.45, 2.75) is 57.9 Å². The molecule has 4 fully saturated rings. The van der Waals surface area contributed by atoms with E-state index in [0.717, 1.165) is 19.3 Å². The first-order valence-electron chi connectivity index (χ1n) is 7.37. The normalized spacial score (nSPS) is 42.7. The molecule has 19 heavy (non-hydrogen) atoms. The molecule has 4 nitrogen and oxygen atoms in total. The van der Waals surface area contributed by atoms with E-state index in [1.54, 1.807) is 6.92 Å². The van der Waals surface area contributed by atoms with Gasteiger partial charge in [-0.1, -0.05) is 0 Å². The van der Waals surface area contributed by atoms with Crippen LogP contribution in [0.1, 0.15) is 52.4 Å². The van der Waals surface area contributed by atoms with E-state index in [4.69, 9.17) is 0 Å². The maximum atomic E-state index is 11.9. The molecule has 4 rings (SSSR count). The molecule has 0 saturated heterocycles. The zero-order chi connectivity index (χ0) is 13.8. The Bertz CT molecular complexity index is 396. The lowest BCUT2D eigenvalue weighted by Crippen LogP contribution is -2.67. The second kappa shape index (κ2) is 3.97. The minimum Gasteiger partial charge on any atom is -0.479 e. The number of nitrogens with one attached hydrogen (secondary N) is 1. The van der Waals surface area contributed by atoms with Gasteiger partial charge < -0.3 is 10.4 Å². The molecule has 4 bridgehead atoms. The lowest BCUT2D eigenvalue weighted by atomic mass is 9.45. The highest BCUT2D eigenvalue weighted by Gasteiger charge is 2.62. The smallest absolute Gasteiger partial charge is 0.329 e. The highest BCUT2D eigenvalue weighted by Crippen LogP contribution is 2.63. The molecule has 4 saturated carbocycles. The molecule has 1 atom stereocenters. The summed E-state index contributed by atoms with van der Waals surface area (Å²) < 4.78 is 0. The lowest BCUT2D eigenvalue weighted by Gasteiger charge is -2.61. The van der Waals surface area contributed by atoms with Crippen molar-refractivity contribution in [2.24, 2.45) is 23.2 Å². The van der Waals surface area contributed by atoms with Crippen molar-refractivity contribution in [3.8, 4) is 0 Å². The third-order valence-corrected chi connectivity index (χ3v) is 5.95. The largest absolute Gasteiger partial charge is 0.479 e. The summed E-state index contributed by atoms with van der Waals surface area (Å²) in [6.45, 7) is 3.14. The average Bonchev–Trinajstić information content (AvgIpc) is 2.25. The number of hydrogen-bond acceptors (Lipinski definition) is 2. The van der Waals surface area contributed by atoms with Gasteiger partial charge in [-0.2, -0.15) is 0 Å². The standard InChI is InChI=1S/C15H23NO3/c1-9(17)16-14(2,13(18)19)15-6-10-3-11(7-15)5-12(4-10)8-15/h10-12H,3-8H2,1-2H3,(H,16,17)(H,18,19). The number of carboxylic acid groups (broad SMARTS) is 1. The van der Waals surface area contributed by atoms with Crippen molar-refractivity contribution in [2.75, 3.05) is 0 Å². The SMILES string of the molecule is CC(=O)NC(C)(C(=O)O)C12CC3CC(CC(C3)C1)C2. The van der Waals surface area contributed by atoms with Gasteiger partial charge in [0.1, 0.15) is 5.54 Å². The van der Waals surface area contributed by atoms with Crippen LogP contribution in [0, 0.1) is 23.2 Å². The molecule has 1 amide bonds. The van der Waals surface area contributed by atoms with E-state index < -0.39 is 11.5 Å². The van der Waals surface area contributed by atoms with E-state index in [1.165, 1.54) is 26.2 Å². The Morgan fingerprint density at radius 2 is 1.53 bits per heavy atom. The molecule has 2 N–H and O–H groups in total. The number of amides is 1. The first-order valence-corrected chi connectivity index (χ1v) is 7.37. The summed E-state index contributed by atoms with van der Waals surface area (Å²) in [5.41, 5.74) is -1.33. The van der Waals surface area contributed by atoms with Gasteiger partial charge in [0.15, 0.2) is 0 Å². The molecule has 4 aliphatic rings. The number of hydrogen-bond donors (Lipinski definition) is 2. The Kier molecular flexibility index (Phi) is 2.70. The lowest BCUT2D eigenvalue weighted by molar-refractivity contribution is -0.167. The van der Waals surface area contributed by atoms with Crippen LogP contribution in [-0.2, 0) is 9.59 Å². The van der Waals surface area contributed by atoms with Gasteiger partial charge in [0.25, 0.3) is 0 Å². The quantitative estimate of drug-likeness (QED) is 0.822. The molecule has 0 heterocycles. The van der Waals surface area contributed by atoms with E-state index in [0.29, 0.717) is 17.8 Å². The van der Waals surface area contributed by atoms with Crippen molar-refractivity contribution >= 4 is 11.9 Å². The molecule has 1 unspecified atom stereocenters. The van der Waals surface area contributed by atoms with Crippen LogP contribution in [-0.4, -0.2) is 22.5 Å². The first kappa shape index (κ1) is 12.9. The van der Waals surface area contributed by atoms with Gasteiger partial charge in [-0.3, -0.25) is 4.79 Å². The van der Waals surface area contributed by atoms with Crippen molar-refractivity contribution < 1.29 is 14.7 Å². The summed E-state index contributed by atoms with van der Waals surface area (Å²) >= 11 is 0. The van der Waals surface area contributed by atoms with Crippen molar-refractivity contribution in [1.82, 2.24) is 5.32 Å². The Morgan fingerprint density at radius 1 is 1.11 bits per heavy atom. The zero-order valence-corrected chi connectivity index (χ0v) is 11.7. The van der Waals surface area contributed by atoms with Gasteiger partial charge in [0, 0.05) is 12.3 Å². The molecule has 106 valence electrons. The molecule has 0 radical (unpaired) electrons. The fourth-order valence-electron chi connectivity index (χ4n) is 5.49. The van der Waals surface area contributed by atoms with Crippen LogP contribution in [0.5, 0.6) is 0 Å². The molecule has 4 heteroatoms. The van der Waals surface area contributed by atoms with Crippen molar-refractivity contribution in [1.29, 1.82) is 0 Å². The van der Waals surface area contributed by atoms with Crippen LogP contribution in [0.3, 0.4) is 0 Å². The summed E-state index contributed by atoms with van der Waals surface area (Å²) in [7, 11) is 0. The maximum Gasteiger partial charge on any atom is 0.329 e. The van der Waals surface area contributed by atoms with E-state index in [9.17, 15) is 14.7 Å². The first-order chi connectivity index (χ1) is 8.84. The Labute approximate surface area is 113 Å². The molecule has 0 spiro atoms. The summed E-state index contributed by atoms with van der Waals surface area (Å²) in [6.07, 6.45) is 6.74. The van der Waals surface area contributed by atoms with Crippen LogP contribution in [0.4, 0.5) is 0 Å². The minimum absolute atomic E-state index is 0.223. The number of rotatable bonds is 3. The van der Waals surface area contributed by atoms with E-state index in [1.807, 2.05) is 0 Å². The van der Waals surface area contributed by atoms with Crippen LogP contribution >= 0.6 is 0 Å². The maximum absolute atomic E-state index is 11.9. The van der Waals surface area contributed by atoms with E-state index >= 15 is 0 Å². The zero-order valence-electron chi connectivity index (χ0n) is 11.7. The average molecular weight is 265 g/mol. The molecule has 4 aliphatic carbocycles. The van der Waals surface area contributed by atoms with Gasteiger partial charge in [-0.05, 0) is 63.2 Å². The Hall–Kier alpha value is -1.06. The monoisotopic (exact) mass is 265 g/mol. The fraction of sp³-hybridized carbons (Fsp3) is 0.867. The predicted octanol–water partition coefficient (Wildman–Crippen LogP) is 2.18. The molecule has 0 aromatic carbocycles. The topological polar surface area (TPSA) is 66.4 Å². The molecular weight excluding hydrogens is 242 g/mol. The third kappa shape index (κ3) is 1.79. The third-order valence-electron chi connectivity index (χ3n) is 5.95. The Balaban J connectivity index is 1.97.